The fraction of sp³-hybridized carbons (Fsp3) is 0.414. The van der Waals surface area contributed by atoms with Crippen molar-refractivity contribution in [2.45, 2.75) is 51.5 Å². The van der Waals surface area contributed by atoms with Gasteiger partial charge in [-0.2, -0.15) is 0 Å². The minimum absolute atomic E-state index is 0.194. The molecule has 0 spiro atoms. The number of amides is 2. The highest BCUT2D eigenvalue weighted by molar-refractivity contribution is 6.05. The molecule has 7 nitrogen and oxygen atoms in total. The minimum atomic E-state index is -0.629. The van der Waals surface area contributed by atoms with Crippen LogP contribution in [0, 0.1) is 0 Å². The van der Waals surface area contributed by atoms with Crippen molar-refractivity contribution < 1.29 is 9.59 Å². The van der Waals surface area contributed by atoms with Gasteiger partial charge in [-0.1, -0.05) is 37.6 Å². The van der Waals surface area contributed by atoms with Crippen LogP contribution in [0.3, 0.4) is 0 Å². The molecule has 1 atom stereocenters. The van der Waals surface area contributed by atoms with Crippen LogP contribution in [0.15, 0.2) is 54.6 Å². The summed E-state index contributed by atoms with van der Waals surface area (Å²) in [4.78, 5) is 36.2. The molecule has 2 N–H and O–H groups in total. The van der Waals surface area contributed by atoms with Crippen molar-refractivity contribution in [2.24, 2.45) is 0 Å². The first kappa shape index (κ1) is 24.1. The second-order valence-corrected chi connectivity index (χ2v) is 9.79. The minimum Gasteiger partial charge on any atom is -0.371 e. The number of hydrogen-bond acceptors (Lipinski definition) is 5. The van der Waals surface area contributed by atoms with Crippen molar-refractivity contribution in [3.8, 4) is 0 Å². The van der Waals surface area contributed by atoms with Gasteiger partial charge >= 0.3 is 0 Å². The Kier molecular flexibility index (Phi) is 7.35. The highest BCUT2D eigenvalue weighted by Crippen LogP contribution is 2.27. The molecule has 2 aliphatic rings. The predicted molar refractivity (Wildman–Crippen MR) is 146 cm³/mol. The van der Waals surface area contributed by atoms with Crippen LogP contribution in [-0.2, 0) is 4.79 Å². The zero-order chi connectivity index (χ0) is 24.9. The van der Waals surface area contributed by atoms with E-state index in [2.05, 4.69) is 26.5 Å². The SMILES string of the molecule is CCCC(NC(=O)c1cc2ccccc2nc1N1CCCC1)C(=O)Nc1cccc(N2CCCC2)c1. The number of fused-ring (bicyclic) bond motifs is 1. The molecule has 3 heterocycles. The third kappa shape index (κ3) is 5.30. The van der Waals surface area contributed by atoms with Crippen LogP contribution < -0.4 is 20.4 Å². The van der Waals surface area contributed by atoms with Crippen LogP contribution in [0.2, 0.25) is 0 Å². The molecule has 36 heavy (non-hydrogen) atoms. The van der Waals surface area contributed by atoms with Crippen LogP contribution in [0.25, 0.3) is 10.9 Å². The number of para-hydroxylation sites is 1. The molecule has 2 fully saturated rings. The van der Waals surface area contributed by atoms with Crippen molar-refractivity contribution in [2.75, 3.05) is 41.3 Å². The summed E-state index contributed by atoms with van der Waals surface area (Å²) in [7, 11) is 0. The second-order valence-electron chi connectivity index (χ2n) is 9.79. The van der Waals surface area contributed by atoms with Crippen molar-refractivity contribution in [1.82, 2.24) is 10.3 Å². The van der Waals surface area contributed by atoms with Gasteiger partial charge < -0.3 is 20.4 Å². The quantitative estimate of drug-likeness (QED) is 0.471. The van der Waals surface area contributed by atoms with Crippen molar-refractivity contribution in [3.05, 3.63) is 60.2 Å². The number of pyridine rings is 1. The van der Waals surface area contributed by atoms with Gasteiger partial charge in [0, 0.05) is 42.9 Å². The number of nitrogens with zero attached hydrogens (tertiary/aromatic N) is 3. The Morgan fingerprint density at radius 3 is 2.39 bits per heavy atom. The molecule has 3 aromatic rings. The van der Waals surface area contributed by atoms with Crippen molar-refractivity contribution >= 4 is 39.9 Å². The fourth-order valence-corrected chi connectivity index (χ4v) is 5.22. The molecular weight excluding hydrogens is 450 g/mol. The molecule has 0 bridgehead atoms. The van der Waals surface area contributed by atoms with Crippen LogP contribution in [0.5, 0.6) is 0 Å². The van der Waals surface area contributed by atoms with E-state index < -0.39 is 6.04 Å². The Bertz CT molecular complexity index is 1230. The first-order valence-electron chi connectivity index (χ1n) is 13.2. The maximum atomic E-state index is 13.6. The molecule has 1 aromatic heterocycles. The Labute approximate surface area is 212 Å². The molecule has 2 aliphatic heterocycles. The molecule has 2 amide bonds. The Morgan fingerprint density at radius 1 is 0.917 bits per heavy atom. The summed E-state index contributed by atoms with van der Waals surface area (Å²) in [5.41, 5.74) is 3.28. The van der Waals surface area contributed by atoms with Gasteiger partial charge in [-0.05, 0) is 62.4 Å². The summed E-state index contributed by atoms with van der Waals surface area (Å²) in [6, 6.07) is 17.1. The summed E-state index contributed by atoms with van der Waals surface area (Å²) in [5.74, 6) is 0.257. The van der Waals surface area contributed by atoms with E-state index in [4.69, 9.17) is 4.98 Å². The smallest absolute Gasteiger partial charge is 0.255 e. The highest BCUT2D eigenvalue weighted by Gasteiger charge is 2.26. The van der Waals surface area contributed by atoms with E-state index in [9.17, 15) is 9.59 Å². The third-order valence-electron chi connectivity index (χ3n) is 7.14. The van der Waals surface area contributed by atoms with Gasteiger partial charge in [0.1, 0.15) is 11.9 Å². The van der Waals surface area contributed by atoms with Crippen LogP contribution in [0.4, 0.5) is 17.2 Å². The number of carbonyl (C=O) groups excluding carboxylic acids is 2. The van der Waals surface area contributed by atoms with E-state index in [0.29, 0.717) is 17.8 Å². The average molecular weight is 486 g/mol. The lowest BCUT2D eigenvalue weighted by Crippen LogP contribution is -2.44. The Balaban J connectivity index is 1.36. The molecule has 5 rings (SSSR count). The van der Waals surface area contributed by atoms with E-state index in [1.165, 1.54) is 12.8 Å². The fourth-order valence-electron chi connectivity index (χ4n) is 5.22. The van der Waals surface area contributed by atoms with Crippen molar-refractivity contribution in [3.63, 3.8) is 0 Å². The lowest BCUT2D eigenvalue weighted by molar-refractivity contribution is -0.118. The van der Waals surface area contributed by atoms with Gasteiger partial charge in [0.25, 0.3) is 5.91 Å². The number of nitrogens with one attached hydrogen (secondary N) is 2. The summed E-state index contributed by atoms with van der Waals surface area (Å²) in [6.45, 7) is 5.89. The molecule has 0 radical (unpaired) electrons. The van der Waals surface area contributed by atoms with Gasteiger partial charge in [-0.3, -0.25) is 9.59 Å². The van der Waals surface area contributed by atoms with E-state index in [1.54, 1.807) is 0 Å². The van der Waals surface area contributed by atoms with Gasteiger partial charge in [0.15, 0.2) is 0 Å². The van der Waals surface area contributed by atoms with Crippen LogP contribution >= 0.6 is 0 Å². The summed E-state index contributed by atoms with van der Waals surface area (Å²) in [5, 5.41) is 6.98. The van der Waals surface area contributed by atoms with Gasteiger partial charge in [-0.15, -0.1) is 0 Å². The van der Waals surface area contributed by atoms with E-state index in [-0.39, 0.29) is 11.8 Å². The number of carbonyl (C=O) groups is 2. The molecule has 0 aliphatic carbocycles. The lowest BCUT2D eigenvalue weighted by atomic mass is 10.1. The normalized spacial score (nSPS) is 16.4. The first-order chi connectivity index (χ1) is 17.6. The molecule has 0 saturated carbocycles. The molecule has 188 valence electrons. The standard InChI is InChI=1S/C29H35N5O2/c1-2-10-26(29(36)30-22-12-9-13-23(20-22)33-15-5-6-16-33)32-28(35)24-19-21-11-3-4-14-25(21)31-27(24)34-17-7-8-18-34/h3-4,9,11-14,19-20,26H,2,5-8,10,15-18H2,1H3,(H,30,36)(H,32,35). The zero-order valence-electron chi connectivity index (χ0n) is 21.0. The number of benzene rings is 2. The highest BCUT2D eigenvalue weighted by atomic mass is 16.2. The monoisotopic (exact) mass is 485 g/mol. The Morgan fingerprint density at radius 2 is 1.64 bits per heavy atom. The third-order valence-corrected chi connectivity index (χ3v) is 7.14. The van der Waals surface area contributed by atoms with E-state index in [0.717, 1.165) is 67.7 Å². The summed E-state index contributed by atoms with van der Waals surface area (Å²) < 4.78 is 0. The molecule has 7 heteroatoms. The number of anilines is 3. The van der Waals surface area contributed by atoms with Crippen molar-refractivity contribution in [1.29, 1.82) is 0 Å². The van der Waals surface area contributed by atoms with Crippen LogP contribution in [0.1, 0.15) is 55.8 Å². The van der Waals surface area contributed by atoms with Gasteiger partial charge in [0.05, 0.1) is 11.1 Å². The van der Waals surface area contributed by atoms with E-state index >= 15 is 0 Å². The van der Waals surface area contributed by atoms with E-state index in [1.807, 2.05) is 55.5 Å². The number of aromatic nitrogens is 1. The average Bonchev–Trinajstić information content (AvgIpc) is 3.63. The largest absolute Gasteiger partial charge is 0.371 e. The second kappa shape index (κ2) is 11.0. The van der Waals surface area contributed by atoms with Crippen LogP contribution in [-0.4, -0.2) is 49.0 Å². The molecule has 1 unspecified atom stereocenters. The summed E-state index contributed by atoms with van der Waals surface area (Å²) >= 11 is 0. The molecule has 2 saturated heterocycles. The number of rotatable bonds is 8. The first-order valence-corrected chi connectivity index (χ1v) is 13.2. The topological polar surface area (TPSA) is 77.6 Å². The van der Waals surface area contributed by atoms with Gasteiger partial charge in [-0.25, -0.2) is 4.98 Å². The molecule has 2 aromatic carbocycles. The number of hydrogen-bond donors (Lipinski definition) is 2. The Hall–Kier alpha value is -3.61. The zero-order valence-corrected chi connectivity index (χ0v) is 21.0. The van der Waals surface area contributed by atoms with Gasteiger partial charge in [0.2, 0.25) is 5.91 Å². The lowest BCUT2D eigenvalue weighted by Gasteiger charge is -2.23. The predicted octanol–water partition coefficient (Wildman–Crippen LogP) is 4.97. The maximum absolute atomic E-state index is 13.6. The molecular formula is C29H35N5O2. The maximum Gasteiger partial charge on any atom is 0.255 e. The summed E-state index contributed by atoms with van der Waals surface area (Å²) in [6.07, 6.45) is 5.92.